The van der Waals surface area contributed by atoms with Gasteiger partial charge >= 0.3 is 6.09 Å². The normalized spacial score (nSPS) is 21.4. The smallest absolute Gasteiger partial charge is 0.410 e. The van der Waals surface area contributed by atoms with Crippen LogP contribution in [0.25, 0.3) is 16.7 Å². The van der Waals surface area contributed by atoms with Crippen LogP contribution in [0.5, 0.6) is 5.75 Å². The van der Waals surface area contributed by atoms with Crippen molar-refractivity contribution in [3.05, 3.63) is 66.2 Å². The zero-order valence-corrected chi connectivity index (χ0v) is 20.6. The van der Waals surface area contributed by atoms with Crippen LogP contribution in [0, 0.1) is 17.2 Å². The molecule has 1 saturated carbocycles. The summed E-state index contributed by atoms with van der Waals surface area (Å²) in [5, 5.41) is 17.8. The molecule has 4 aromatic rings. The molecular weight excluding hydrogens is 470 g/mol. The molecule has 0 bridgehead atoms. The van der Waals surface area contributed by atoms with Gasteiger partial charge in [-0.1, -0.05) is 11.3 Å². The molecule has 1 saturated heterocycles. The minimum absolute atomic E-state index is 0.302. The van der Waals surface area contributed by atoms with E-state index >= 15 is 0 Å². The minimum Gasteiger partial charge on any atom is -0.497 e. The van der Waals surface area contributed by atoms with Crippen LogP contribution in [0.4, 0.5) is 4.79 Å². The van der Waals surface area contributed by atoms with Gasteiger partial charge in [-0.3, -0.25) is 4.90 Å². The van der Waals surface area contributed by atoms with Gasteiger partial charge in [-0.15, -0.1) is 5.10 Å². The summed E-state index contributed by atoms with van der Waals surface area (Å²) in [4.78, 5) is 19.1. The number of nitriles is 1. The molecule has 0 N–H and O–H groups in total. The Balaban J connectivity index is 1.14. The predicted molar refractivity (Wildman–Crippen MR) is 134 cm³/mol. The van der Waals surface area contributed by atoms with Gasteiger partial charge in [-0.2, -0.15) is 5.26 Å². The van der Waals surface area contributed by atoms with Crippen molar-refractivity contribution in [2.45, 2.75) is 44.4 Å². The van der Waals surface area contributed by atoms with E-state index in [1.807, 2.05) is 48.9 Å². The van der Waals surface area contributed by atoms with Gasteiger partial charge in [-0.25, -0.2) is 14.5 Å². The second-order valence-corrected chi connectivity index (χ2v) is 9.94. The summed E-state index contributed by atoms with van der Waals surface area (Å²) in [7, 11) is 1.62. The zero-order valence-electron chi connectivity index (χ0n) is 20.6. The highest BCUT2D eigenvalue weighted by Gasteiger charge is 2.48. The second kappa shape index (κ2) is 9.24. The first-order valence-electron chi connectivity index (χ1n) is 12.4. The Morgan fingerprint density at radius 2 is 2.19 bits per heavy atom. The van der Waals surface area contributed by atoms with Gasteiger partial charge in [-0.05, 0) is 61.9 Å². The number of hydrogen-bond donors (Lipinski definition) is 0. The van der Waals surface area contributed by atoms with Crippen molar-refractivity contribution in [1.82, 2.24) is 29.4 Å². The highest BCUT2D eigenvalue weighted by molar-refractivity contribution is 5.77. The molecule has 1 aliphatic carbocycles. The number of ether oxygens (including phenoxy) is 2. The monoisotopic (exact) mass is 497 g/mol. The predicted octanol–water partition coefficient (Wildman–Crippen LogP) is 4.08. The van der Waals surface area contributed by atoms with E-state index in [9.17, 15) is 10.1 Å². The third-order valence-electron chi connectivity index (χ3n) is 7.36. The Labute approximate surface area is 214 Å². The summed E-state index contributed by atoms with van der Waals surface area (Å²) in [6.45, 7) is 1.66. The second-order valence-electron chi connectivity index (χ2n) is 9.94. The fourth-order valence-electron chi connectivity index (χ4n) is 5.65. The molecule has 2 aromatic heterocycles. The van der Waals surface area contributed by atoms with Crippen LogP contribution in [0.2, 0.25) is 0 Å². The minimum atomic E-state index is -0.489. The van der Waals surface area contributed by atoms with Crippen LogP contribution in [0.3, 0.4) is 0 Å². The number of nitrogens with zero attached hydrogens (tertiary/aromatic N) is 7. The van der Waals surface area contributed by atoms with E-state index in [2.05, 4.69) is 25.9 Å². The lowest BCUT2D eigenvalue weighted by Gasteiger charge is -2.36. The Morgan fingerprint density at radius 1 is 1.27 bits per heavy atom. The van der Waals surface area contributed by atoms with Crippen molar-refractivity contribution >= 4 is 17.1 Å². The lowest BCUT2D eigenvalue weighted by atomic mass is 9.78. The highest BCUT2D eigenvalue weighted by Crippen LogP contribution is 2.41. The molecule has 6 rings (SSSR count). The molecule has 0 unspecified atom stereocenters. The van der Waals surface area contributed by atoms with Crippen LogP contribution in [-0.2, 0) is 17.8 Å². The SMILES string of the molecule is COc1cccc(-n2cc(CN3C[C@@]4(CCC[C@H](Cn5cnc6ccc(C#N)cc65)C4)OC3=O)nn2)c1. The maximum absolute atomic E-state index is 12.9. The van der Waals surface area contributed by atoms with Gasteiger partial charge < -0.3 is 14.0 Å². The molecule has 1 spiro atoms. The molecule has 2 atom stereocenters. The Morgan fingerprint density at radius 3 is 3.05 bits per heavy atom. The van der Waals surface area contributed by atoms with E-state index in [1.54, 1.807) is 22.8 Å². The average molecular weight is 498 g/mol. The summed E-state index contributed by atoms with van der Waals surface area (Å²) < 4.78 is 15.1. The number of hydrogen-bond acceptors (Lipinski definition) is 7. The van der Waals surface area contributed by atoms with Gasteiger partial charge in [0.25, 0.3) is 0 Å². The standard InChI is InChI=1S/C27H27N7O3/c1-36-23-6-2-5-22(11-23)34-16-21(30-31-34)15-32-17-27(37-26(32)35)9-3-4-20(12-27)14-33-18-29-24-8-7-19(13-28)10-25(24)33/h2,5-8,10-11,16,18,20H,3-4,9,12,14-15,17H2,1H3/t20-,27-/m0/s1. The van der Waals surface area contributed by atoms with Gasteiger partial charge in [0.2, 0.25) is 0 Å². The largest absolute Gasteiger partial charge is 0.497 e. The summed E-state index contributed by atoms with van der Waals surface area (Å²) in [6, 6.07) is 15.3. The highest BCUT2D eigenvalue weighted by atomic mass is 16.6. The van der Waals surface area contributed by atoms with Gasteiger partial charge in [0.1, 0.15) is 17.0 Å². The molecule has 37 heavy (non-hydrogen) atoms. The summed E-state index contributed by atoms with van der Waals surface area (Å²) in [5.74, 6) is 1.08. The first kappa shape index (κ1) is 23.0. The van der Waals surface area contributed by atoms with Crippen molar-refractivity contribution in [1.29, 1.82) is 5.26 Å². The first-order chi connectivity index (χ1) is 18.0. The topological polar surface area (TPSA) is 111 Å². The van der Waals surface area contributed by atoms with Crippen LogP contribution >= 0.6 is 0 Å². The molecule has 188 valence electrons. The summed E-state index contributed by atoms with van der Waals surface area (Å²) in [5.41, 5.74) is 3.51. The maximum Gasteiger partial charge on any atom is 0.410 e. The van der Waals surface area contributed by atoms with Crippen LogP contribution in [-0.4, -0.2) is 54.8 Å². The fourth-order valence-corrected chi connectivity index (χ4v) is 5.65. The van der Waals surface area contributed by atoms with Crippen molar-refractivity contribution in [3.63, 3.8) is 0 Å². The van der Waals surface area contributed by atoms with Gasteiger partial charge in [0.15, 0.2) is 0 Å². The van der Waals surface area contributed by atoms with Crippen molar-refractivity contribution in [2.24, 2.45) is 5.92 Å². The van der Waals surface area contributed by atoms with Crippen LogP contribution in [0.15, 0.2) is 55.0 Å². The molecule has 2 aliphatic rings. The molecule has 1 amide bonds. The first-order valence-corrected chi connectivity index (χ1v) is 12.4. The fraction of sp³-hybridized carbons (Fsp3) is 0.370. The van der Waals surface area contributed by atoms with Crippen LogP contribution in [0.1, 0.15) is 36.9 Å². The molecule has 1 aliphatic heterocycles. The average Bonchev–Trinajstić information content (AvgIpc) is 3.62. The summed E-state index contributed by atoms with van der Waals surface area (Å²) >= 11 is 0. The van der Waals surface area contributed by atoms with Gasteiger partial charge in [0, 0.05) is 12.6 Å². The third kappa shape index (κ3) is 4.48. The van der Waals surface area contributed by atoms with Crippen molar-refractivity contribution < 1.29 is 14.3 Å². The quantitative estimate of drug-likeness (QED) is 0.395. The molecule has 2 aromatic carbocycles. The number of imidazole rings is 1. The third-order valence-corrected chi connectivity index (χ3v) is 7.36. The molecule has 2 fully saturated rings. The number of carbonyl (C=O) groups excluding carboxylic acids is 1. The number of benzene rings is 2. The van der Waals surface area contributed by atoms with E-state index in [1.165, 1.54) is 0 Å². The van der Waals surface area contributed by atoms with E-state index in [4.69, 9.17) is 9.47 Å². The molecule has 10 nitrogen and oxygen atoms in total. The molecule has 0 radical (unpaired) electrons. The Bertz CT molecular complexity index is 1500. The number of fused-ring (bicyclic) bond motifs is 1. The lowest BCUT2D eigenvalue weighted by molar-refractivity contribution is 0.00415. The van der Waals surface area contributed by atoms with Crippen molar-refractivity contribution in [3.8, 4) is 17.5 Å². The van der Waals surface area contributed by atoms with E-state index in [0.717, 1.165) is 54.7 Å². The number of aromatic nitrogens is 5. The van der Waals surface area contributed by atoms with E-state index in [-0.39, 0.29) is 6.09 Å². The van der Waals surface area contributed by atoms with Crippen LogP contribution < -0.4 is 4.74 Å². The van der Waals surface area contributed by atoms with Gasteiger partial charge in [0.05, 0.1) is 61.1 Å². The molecule has 3 heterocycles. The Kier molecular flexibility index (Phi) is 5.75. The van der Waals surface area contributed by atoms with Crippen molar-refractivity contribution in [2.75, 3.05) is 13.7 Å². The van der Waals surface area contributed by atoms with E-state index < -0.39 is 5.60 Å². The number of amides is 1. The summed E-state index contributed by atoms with van der Waals surface area (Å²) in [6.07, 6.45) is 7.07. The zero-order chi connectivity index (χ0) is 25.4. The Hall–Kier alpha value is -4.39. The number of methoxy groups -OCH3 is 1. The molecular formula is C27H27N7O3. The molecule has 10 heteroatoms. The van der Waals surface area contributed by atoms with E-state index in [0.29, 0.717) is 30.3 Å². The maximum atomic E-state index is 12.9. The number of rotatable bonds is 6. The lowest BCUT2D eigenvalue weighted by Crippen LogP contribution is -2.40. The number of carbonyl (C=O) groups is 1.